The maximum Gasteiger partial charge on any atom is 0.201 e. The van der Waals surface area contributed by atoms with E-state index >= 15 is 0 Å². The zero-order valence-corrected chi connectivity index (χ0v) is 23.7. The lowest BCUT2D eigenvalue weighted by atomic mass is 9.90. The number of nitrogens with zero attached hydrogens (tertiary/aromatic N) is 1. The van der Waals surface area contributed by atoms with Crippen molar-refractivity contribution < 1.29 is 28.4 Å². The molecular weight excluding hydrogens is 506 g/mol. The second-order valence-corrected chi connectivity index (χ2v) is 11.6. The Morgan fingerprint density at radius 1 is 0.775 bits per heavy atom. The van der Waals surface area contributed by atoms with Gasteiger partial charge in [0.25, 0.3) is 0 Å². The normalized spacial score (nSPS) is 29.1. The summed E-state index contributed by atoms with van der Waals surface area (Å²) in [6.45, 7) is 10.0. The van der Waals surface area contributed by atoms with Gasteiger partial charge in [-0.05, 0) is 57.9 Å². The van der Waals surface area contributed by atoms with Crippen molar-refractivity contribution in [2.24, 2.45) is 4.99 Å². The maximum absolute atomic E-state index is 7.00. The number of benzene rings is 3. The van der Waals surface area contributed by atoms with Gasteiger partial charge in [0, 0.05) is 0 Å². The van der Waals surface area contributed by atoms with Crippen LogP contribution in [0, 0.1) is 6.92 Å². The summed E-state index contributed by atoms with van der Waals surface area (Å²) in [4.78, 5) is 5.13. The van der Waals surface area contributed by atoms with Gasteiger partial charge in [-0.1, -0.05) is 78.4 Å². The SMILES string of the molecule is Cc1ccc(N=C(OC2C(C3COC(C)(C)O3)OC3OC(C)(C)OC32)C(c2ccccc2)c2ccccc2)cc1. The summed E-state index contributed by atoms with van der Waals surface area (Å²) in [5.74, 6) is -1.24. The fraction of sp³-hybridized carbons (Fsp3) is 0.424. The molecule has 7 nitrogen and oxygen atoms in total. The van der Waals surface area contributed by atoms with E-state index in [0.29, 0.717) is 12.5 Å². The largest absolute Gasteiger partial charge is 0.471 e. The summed E-state index contributed by atoms with van der Waals surface area (Å²) in [5, 5.41) is 0. The van der Waals surface area contributed by atoms with Crippen molar-refractivity contribution in [2.45, 2.75) is 82.8 Å². The fourth-order valence-corrected chi connectivity index (χ4v) is 5.63. The van der Waals surface area contributed by atoms with Crippen molar-refractivity contribution in [3.05, 3.63) is 102 Å². The molecule has 40 heavy (non-hydrogen) atoms. The molecule has 5 unspecified atom stereocenters. The van der Waals surface area contributed by atoms with Gasteiger partial charge in [-0.2, -0.15) is 0 Å². The number of aliphatic imine (C=N–C) groups is 1. The minimum Gasteiger partial charge on any atom is -0.471 e. The minimum atomic E-state index is -0.805. The number of rotatable bonds is 6. The molecule has 0 bridgehead atoms. The molecule has 0 aromatic heterocycles. The number of ether oxygens (including phenoxy) is 6. The molecule has 3 aromatic rings. The molecule has 3 heterocycles. The van der Waals surface area contributed by atoms with Crippen LogP contribution >= 0.6 is 0 Å². The quantitative estimate of drug-likeness (QED) is 0.270. The molecule has 6 rings (SSSR count). The van der Waals surface area contributed by atoms with E-state index in [1.54, 1.807) is 0 Å². The number of hydrogen-bond donors (Lipinski definition) is 0. The Morgan fingerprint density at radius 2 is 1.40 bits per heavy atom. The molecule has 3 saturated heterocycles. The Kier molecular flexibility index (Phi) is 7.27. The first-order valence-electron chi connectivity index (χ1n) is 13.9. The van der Waals surface area contributed by atoms with Crippen molar-refractivity contribution in [3.63, 3.8) is 0 Å². The first-order valence-corrected chi connectivity index (χ1v) is 13.9. The topological polar surface area (TPSA) is 67.7 Å². The van der Waals surface area contributed by atoms with Gasteiger partial charge in [0.1, 0.15) is 12.2 Å². The van der Waals surface area contributed by atoms with Gasteiger partial charge >= 0.3 is 0 Å². The summed E-state index contributed by atoms with van der Waals surface area (Å²) >= 11 is 0. The van der Waals surface area contributed by atoms with Gasteiger partial charge in [0.05, 0.1) is 18.2 Å². The van der Waals surface area contributed by atoms with Crippen molar-refractivity contribution in [1.82, 2.24) is 0 Å². The van der Waals surface area contributed by atoms with E-state index in [9.17, 15) is 0 Å². The van der Waals surface area contributed by atoms with E-state index < -0.39 is 36.2 Å². The van der Waals surface area contributed by atoms with Crippen LogP contribution in [0.2, 0.25) is 0 Å². The molecule has 5 atom stereocenters. The lowest BCUT2D eigenvalue weighted by Gasteiger charge is -2.31. The Hall–Kier alpha value is -3.07. The molecule has 7 heteroatoms. The smallest absolute Gasteiger partial charge is 0.201 e. The molecule has 0 aliphatic carbocycles. The van der Waals surface area contributed by atoms with Crippen LogP contribution in [0.15, 0.2) is 89.9 Å². The molecule has 0 saturated carbocycles. The van der Waals surface area contributed by atoms with Crippen LogP contribution < -0.4 is 0 Å². The first kappa shape index (κ1) is 27.1. The Balaban J connectivity index is 1.44. The maximum atomic E-state index is 7.00. The molecule has 3 aromatic carbocycles. The van der Waals surface area contributed by atoms with Gasteiger partial charge in [-0.3, -0.25) is 0 Å². The van der Waals surface area contributed by atoms with E-state index in [-0.39, 0.29) is 12.0 Å². The predicted molar refractivity (Wildman–Crippen MR) is 151 cm³/mol. The highest BCUT2D eigenvalue weighted by atomic mass is 16.8. The van der Waals surface area contributed by atoms with E-state index in [4.69, 9.17) is 33.4 Å². The van der Waals surface area contributed by atoms with Crippen LogP contribution in [-0.4, -0.2) is 54.8 Å². The second kappa shape index (κ2) is 10.7. The lowest BCUT2D eigenvalue weighted by molar-refractivity contribution is -0.231. The Bertz CT molecular complexity index is 1280. The number of aryl methyl sites for hydroxylation is 1. The van der Waals surface area contributed by atoms with E-state index in [1.807, 2.05) is 76.2 Å². The van der Waals surface area contributed by atoms with Crippen LogP contribution in [0.4, 0.5) is 5.69 Å². The summed E-state index contributed by atoms with van der Waals surface area (Å²) in [7, 11) is 0. The molecule has 210 valence electrons. The monoisotopic (exact) mass is 543 g/mol. The highest BCUT2D eigenvalue weighted by molar-refractivity contribution is 5.89. The van der Waals surface area contributed by atoms with Crippen molar-refractivity contribution in [1.29, 1.82) is 0 Å². The van der Waals surface area contributed by atoms with Gasteiger partial charge in [-0.15, -0.1) is 0 Å². The van der Waals surface area contributed by atoms with Gasteiger partial charge in [0.2, 0.25) is 5.90 Å². The average molecular weight is 544 g/mol. The molecule has 3 fully saturated rings. The van der Waals surface area contributed by atoms with Crippen LogP contribution in [0.1, 0.15) is 50.3 Å². The Labute approximate surface area is 236 Å². The van der Waals surface area contributed by atoms with Crippen molar-refractivity contribution in [2.75, 3.05) is 6.61 Å². The number of hydrogen-bond acceptors (Lipinski definition) is 7. The van der Waals surface area contributed by atoms with Gasteiger partial charge in [-0.25, -0.2) is 4.99 Å². The highest BCUT2D eigenvalue weighted by Crippen LogP contribution is 2.43. The van der Waals surface area contributed by atoms with Gasteiger partial charge in [0.15, 0.2) is 30.1 Å². The van der Waals surface area contributed by atoms with Crippen LogP contribution in [0.5, 0.6) is 0 Å². The summed E-state index contributed by atoms with van der Waals surface area (Å²) < 4.78 is 38.1. The predicted octanol–water partition coefficient (Wildman–Crippen LogP) is 6.27. The second-order valence-electron chi connectivity index (χ2n) is 11.6. The Morgan fingerprint density at radius 3 is 1.98 bits per heavy atom. The van der Waals surface area contributed by atoms with Gasteiger partial charge < -0.3 is 28.4 Å². The molecule has 3 aliphatic heterocycles. The standard InChI is InChI=1S/C33H37NO6/c1-21-16-18-24(19-17-21)34-30(26(22-12-8-6-9-13-22)23-14-10-7-11-15-23)36-28-27(25-20-35-32(2,3)38-25)37-31-29(28)39-33(4,5)40-31/h6-19,25-29,31H,20H2,1-5H3. The summed E-state index contributed by atoms with van der Waals surface area (Å²) in [5.41, 5.74) is 4.10. The molecule has 0 N–H and O–H groups in total. The van der Waals surface area contributed by atoms with Crippen LogP contribution in [0.25, 0.3) is 0 Å². The van der Waals surface area contributed by atoms with E-state index in [1.165, 1.54) is 0 Å². The molecule has 3 aliphatic rings. The first-order chi connectivity index (χ1) is 19.2. The van der Waals surface area contributed by atoms with E-state index in [2.05, 4.69) is 43.3 Å². The van der Waals surface area contributed by atoms with Crippen molar-refractivity contribution in [3.8, 4) is 0 Å². The fourth-order valence-electron chi connectivity index (χ4n) is 5.63. The molecule has 0 radical (unpaired) electrons. The van der Waals surface area contributed by atoms with E-state index in [0.717, 1.165) is 22.4 Å². The summed E-state index contributed by atoms with van der Waals surface area (Å²) in [6.07, 6.45) is -2.45. The third kappa shape index (κ3) is 5.71. The van der Waals surface area contributed by atoms with Crippen molar-refractivity contribution >= 4 is 11.6 Å². The zero-order valence-electron chi connectivity index (χ0n) is 23.7. The highest BCUT2D eigenvalue weighted by Gasteiger charge is 2.60. The molecular formula is C33H37NO6. The van der Waals surface area contributed by atoms with Crippen LogP contribution in [0.3, 0.4) is 0 Å². The minimum absolute atomic E-state index is 0.268. The molecule has 0 amide bonds. The summed E-state index contributed by atoms with van der Waals surface area (Å²) in [6, 6.07) is 28.7. The third-order valence-corrected chi connectivity index (χ3v) is 7.47. The number of fused-ring (bicyclic) bond motifs is 1. The lowest BCUT2D eigenvalue weighted by Crippen LogP contribution is -2.45. The zero-order chi connectivity index (χ0) is 27.9. The third-order valence-electron chi connectivity index (χ3n) is 7.47. The average Bonchev–Trinajstić information content (AvgIpc) is 3.55. The van der Waals surface area contributed by atoms with Crippen LogP contribution in [-0.2, 0) is 28.4 Å². The molecule has 0 spiro atoms.